The second-order valence-electron chi connectivity index (χ2n) is 4.85. The first-order chi connectivity index (χ1) is 11.1. The molecule has 0 aliphatic heterocycles. The third kappa shape index (κ3) is 5.17. The Bertz CT molecular complexity index is 647. The highest BCUT2D eigenvalue weighted by atomic mass is 79.9. The van der Waals surface area contributed by atoms with E-state index in [1.54, 1.807) is 31.2 Å². The second kappa shape index (κ2) is 8.43. The van der Waals surface area contributed by atoms with Gasteiger partial charge >= 0.3 is 6.03 Å². The first kappa shape index (κ1) is 17.1. The number of hydrogen-bond acceptors (Lipinski definition) is 3. The average molecular weight is 379 g/mol. The summed E-state index contributed by atoms with van der Waals surface area (Å²) in [5, 5.41) is 2.82. The molecule has 122 valence electrons. The molecule has 23 heavy (non-hydrogen) atoms. The molecule has 0 atom stereocenters. The number of methoxy groups -OCH3 is 1. The van der Waals surface area contributed by atoms with Gasteiger partial charge in [-0.05, 0) is 36.4 Å². The van der Waals surface area contributed by atoms with Crippen LogP contribution in [-0.2, 0) is 0 Å². The summed E-state index contributed by atoms with van der Waals surface area (Å²) in [4.78, 5) is 13.7. The number of anilines is 1. The van der Waals surface area contributed by atoms with Crippen LogP contribution in [-0.4, -0.2) is 38.2 Å². The molecule has 0 saturated heterocycles. The van der Waals surface area contributed by atoms with Crippen molar-refractivity contribution in [3.8, 4) is 11.5 Å². The molecule has 6 heteroatoms. The number of halogens is 1. The van der Waals surface area contributed by atoms with Gasteiger partial charge in [-0.1, -0.05) is 28.1 Å². The van der Waals surface area contributed by atoms with Gasteiger partial charge in [0, 0.05) is 11.5 Å². The minimum absolute atomic E-state index is 0.214. The first-order valence-corrected chi connectivity index (χ1v) is 7.93. The zero-order valence-corrected chi connectivity index (χ0v) is 14.7. The number of carbonyl (C=O) groups is 1. The van der Waals surface area contributed by atoms with Crippen molar-refractivity contribution in [3.63, 3.8) is 0 Å². The van der Waals surface area contributed by atoms with Crippen LogP contribution in [0, 0.1) is 0 Å². The number of benzene rings is 2. The molecule has 2 aromatic carbocycles. The summed E-state index contributed by atoms with van der Waals surface area (Å²) < 4.78 is 11.8. The van der Waals surface area contributed by atoms with Crippen molar-refractivity contribution in [2.75, 3.05) is 32.6 Å². The highest BCUT2D eigenvalue weighted by molar-refractivity contribution is 9.10. The summed E-state index contributed by atoms with van der Waals surface area (Å²) in [6.45, 7) is 0.883. The summed E-state index contributed by atoms with van der Waals surface area (Å²) in [6.07, 6.45) is 0. The molecule has 2 amide bonds. The number of carbonyl (C=O) groups excluding carboxylic acids is 1. The van der Waals surface area contributed by atoms with Crippen molar-refractivity contribution in [2.45, 2.75) is 0 Å². The van der Waals surface area contributed by atoms with E-state index in [0.29, 0.717) is 24.6 Å². The third-order valence-electron chi connectivity index (χ3n) is 3.20. The van der Waals surface area contributed by atoms with Gasteiger partial charge in [0.25, 0.3) is 0 Å². The summed E-state index contributed by atoms with van der Waals surface area (Å²) >= 11 is 3.37. The minimum Gasteiger partial charge on any atom is -0.495 e. The SMILES string of the molecule is COc1ccccc1NC(=O)N(C)CCOc1ccc(Br)cc1. The molecule has 0 aliphatic carbocycles. The van der Waals surface area contributed by atoms with Crippen molar-refractivity contribution in [1.82, 2.24) is 4.90 Å². The predicted molar refractivity (Wildman–Crippen MR) is 94.3 cm³/mol. The van der Waals surface area contributed by atoms with Crippen molar-refractivity contribution < 1.29 is 14.3 Å². The molecule has 0 saturated carbocycles. The molecule has 2 aromatic rings. The normalized spacial score (nSPS) is 10.0. The molecule has 0 bridgehead atoms. The lowest BCUT2D eigenvalue weighted by Crippen LogP contribution is -2.34. The van der Waals surface area contributed by atoms with E-state index >= 15 is 0 Å². The molecule has 1 N–H and O–H groups in total. The first-order valence-electron chi connectivity index (χ1n) is 7.13. The van der Waals surface area contributed by atoms with E-state index in [2.05, 4.69) is 21.2 Å². The van der Waals surface area contributed by atoms with Gasteiger partial charge in [0.1, 0.15) is 18.1 Å². The molecule has 0 aliphatic rings. The van der Waals surface area contributed by atoms with E-state index in [4.69, 9.17) is 9.47 Å². The van der Waals surface area contributed by atoms with Crippen LogP contribution in [0.2, 0.25) is 0 Å². The fourth-order valence-corrected chi connectivity index (χ4v) is 2.16. The van der Waals surface area contributed by atoms with Crippen LogP contribution in [0.1, 0.15) is 0 Å². The van der Waals surface area contributed by atoms with Gasteiger partial charge in [0.05, 0.1) is 19.3 Å². The summed E-state index contributed by atoms with van der Waals surface area (Å²) in [5.74, 6) is 1.40. The van der Waals surface area contributed by atoms with Crippen LogP contribution in [0.25, 0.3) is 0 Å². The van der Waals surface area contributed by atoms with Crippen LogP contribution in [0.3, 0.4) is 0 Å². The third-order valence-corrected chi connectivity index (χ3v) is 3.73. The fourth-order valence-electron chi connectivity index (χ4n) is 1.89. The molecule has 0 radical (unpaired) electrons. The quantitative estimate of drug-likeness (QED) is 0.826. The number of nitrogens with zero attached hydrogens (tertiary/aromatic N) is 1. The highest BCUT2D eigenvalue weighted by Crippen LogP contribution is 2.23. The van der Waals surface area contributed by atoms with E-state index in [1.165, 1.54) is 0 Å². The number of para-hydroxylation sites is 2. The van der Waals surface area contributed by atoms with E-state index in [0.717, 1.165) is 10.2 Å². The maximum Gasteiger partial charge on any atom is 0.321 e. The van der Waals surface area contributed by atoms with E-state index < -0.39 is 0 Å². The van der Waals surface area contributed by atoms with E-state index in [1.807, 2.05) is 36.4 Å². The van der Waals surface area contributed by atoms with Gasteiger partial charge < -0.3 is 19.7 Å². The lowest BCUT2D eigenvalue weighted by molar-refractivity contribution is 0.207. The van der Waals surface area contributed by atoms with Crippen LogP contribution >= 0.6 is 15.9 Å². The van der Waals surface area contributed by atoms with Crippen molar-refractivity contribution >= 4 is 27.6 Å². The molecule has 0 spiro atoms. The van der Waals surface area contributed by atoms with E-state index in [9.17, 15) is 4.79 Å². The number of urea groups is 1. The predicted octanol–water partition coefficient (Wildman–Crippen LogP) is 4.00. The lowest BCUT2D eigenvalue weighted by atomic mass is 10.3. The molecule has 5 nitrogen and oxygen atoms in total. The van der Waals surface area contributed by atoms with Gasteiger partial charge in [-0.25, -0.2) is 4.79 Å². The van der Waals surface area contributed by atoms with Crippen LogP contribution in [0.15, 0.2) is 53.0 Å². The topological polar surface area (TPSA) is 50.8 Å². The van der Waals surface area contributed by atoms with Gasteiger partial charge in [-0.3, -0.25) is 0 Å². The van der Waals surface area contributed by atoms with Crippen molar-refractivity contribution in [1.29, 1.82) is 0 Å². The molecular weight excluding hydrogens is 360 g/mol. The fraction of sp³-hybridized carbons (Fsp3) is 0.235. The summed E-state index contributed by atoms with van der Waals surface area (Å²) in [6, 6.07) is 14.6. The number of amides is 2. The number of likely N-dealkylation sites (N-methyl/N-ethyl adjacent to an activating group) is 1. The second-order valence-corrected chi connectivity index (χ2v) is 5.77. The Morgan fingerprint density at radius 1 is 1.17 bits per heavy atom. The summed E-state index contributed by atoms with van der Waals surface area (Å²) in [5.41, 5.74) is 0.640. The Labute approximate surface area is 144 Å². The number of ether oxygens (including phenoxy) is 2. The smallest absolute Gasteiger partial charge is 0.321 e. The van der Waals surface area contributed by atoms with E-state index in [-0.39, 0.29) is 6.03 Å². The number of hydrogen-bond donors (Lipinski definition) is 1. The van der Waals surface area contributed by atoms with Gasteiger partial charge in [-0.15, -0.1) is 0 Å². The average Bonchev–Trinajstić information content (AvgIpc) is 2.57. The maximum atomic E-state index is 12.2. The zero-order valence-electron chi connectivity index (χ0n) is 13.1. The monoisotopic (exact) mass is 378 g/mol. The minimum atomic E-state index is -0.214. The van der Waals surface area contributed by atoms with Crippen LogP contribution < -0.4 is 14.8 Å². The van der Waals surface area contributed by atoms with Gasteiger partial charge in [0.15, 0.2) is 0 Å². The van der Waals surface area contributed by atoms with Crippen molar-refractivity contribution in [2.24, 2.45) is 0 Å². The number of rotatable bonds is 6. The van der Waals surface area contributed by atoms with Crippen LogP contribution in [0.4, 0.5) is 10.5 Å². The van der Waals surface area contributed by atoms with Gasteiger partial charge in [0.2, 0.25) is 0 Å². The Morgan fingerprint density at radius 2 is 1.87 bits per heavy atom. The standard InChI is InChI=1S/C17H19BrN2O3/c1-20(11-12-23-14-9-7-13(18)8-10-14)17(21)19-15-5-3-4-6-16(15)22-2/h3-10H,11-12H2,1-2H3,(H,19,21). The molecule has 0 fully saturated rings. The zero-order chi connectivity index (χ0) is 16.7. The summed E-state index contributed by atoms with van der Waals surface area (Å²) in [7, 11) is 3.29. The maximum absolute atomic E-state index is 12.2. The Kier molecular flexibility index (Phi) is 6.29. The molecule has 2 rings (SSSR count). The van der Waals surface area contributed by atoms with Crippen LogP contribution in [0.5, 0.6) is 11.5 Å². The Morgan fingerprint density at radius 3 is 2.57 bits per heavy atom. The largest absolute Gasteiger partial charge is 0.495 e. The van der Waals surface area contributed by atoms with Gasteiger partial charge in [-0.2, -0.15) is 0 Å². The molecule has 0 unspecified atom stereocenters. The highest BCUT2D eigenvalue weighted by Gasteiger charge is 2.11. The molecular formula is C17H19BrN2O3. The Balaban J connectivity index is 1.81. The lowest BCUT2D eigenvalue weighted by Gasteiger charge is -2.19. The Hall–Kier alpha value is -2.21. The molecule has 0 aromatic heterocycles. The van der Waals surface area contributed by atoms with Crippen molar-refractivity contribution in [3.05, 3.63) is 53.0 Å². The number of nitrogens with one attached hydrogen (secondary N) is 1. The molecule has 0 heterocycles.